The number of nitrogens with zero attached hydrogens (tertiary/aromatic N) is 1. The van der Waals surface area contributed by atoms with Crippen molar-refractivity contribution < 1.29 is 13.2 Å². The fraction of sp³-hybridized carbons (Fsp3) is 0.562. The Labute approximate surface area is 132 Å². The molecule has 5 nitrogen and oxygen atoms in total. The molecule has 0 aromatic heterocycles. The molecular weight excluding hydrogens is 300 g/mol. The third-order valence-electron chi connectivity index (χ3n) is 4.51. The van der Waals surface area contributed by atoms with Gasteiger partial charge in [-0.3, -0.25) is 4.79 Å². The molecule has 1 fully saturated rings. The van der Waals surface area contributed by atoms with Crippen LogP contribution in [0.4, 0.5) is 0 Å². The zero-order chi connectivity index (χ0) is 16.5. The lowest BCUT2D eigenvalue weighted by molar-refractivity contribution is 0.0697. The number of amides is 1. The molecule has 1 aromatic carbocycles. The van der Waals surface area contributed by atoms with Gasteiger partial charge in [-0.25, -0.2) is 13.6 Å². The summed E-state index contributed by atoms with van der Waals surface area (Å²) in [6, 6.07) is 3.11. The number of hydrogen-bond donors (Lipinski definition) is 1. The third kappa shape index (κ3) is 3.50. The van der Waals surface area contributed by atoms with Gasteiger partial charge in [0.1, 0.15) is 0 Å². The Bertz CT molecular complexity index is 683. The molecule has 0 spiro atoms. The molecule has 1 aliphatic rings. The van der Waals surface area contributed by atoms with Crippen LogP contribution in [0.25, 0.3) is 0 Å². The number of benzene rings is 1. The maximum atomic E-state index is 12.9. The first-order chi connectivity index (χ1) is 10.2. The molecule has 1 amide bonds. The summed E-state index contributed by atoms with van der Waals surface area (Å²) in [5, 5.41) is 5.22. The summed E-state index contributed by atoms with van der Waals surface area (Å²) >= 11 is 0. The first kappa shape index (κ1) is 17.0. The summed E-state index contributed by atoms with van der Waals surface area (Å²) in [5.74, 6) is -0.0968. The molecule has 0 aliphatic carbocycles. The molecule has 1 aromatic rings. The van der Waals surface area contributed by atoms with Gasteiger partial charge < -0.3 is 4.90 Å². The van der Waals surface area contributed by atoms with Crippen molar-refractivity contribution in [3.63, 3.8) is 0 Å². The van der Waals surface area contributed by atoms with Crippen molar-refractivity contribution in [2.45, 2.75) is 57.4 Å². The van der Waals surface area contributed by atoms with E-state index in [0.717, 1.165) is 43.4 Å². The van der Waals surface area contributed by atoms with Gasteiger partial charge in [0.15, 0.2) is 0 Å². The quantitative estimate of drug-likeness (QED) is 0.907. The van der Waals surface area contributed by atoms with E-state index in [2.05, 4.69) is 6.92 Å². The number of rotatable bonds is 2. The Morgan fingerprint density at radius 2 is 1.91 bits per heavy atom. The summed E-state index contributed by atoms with van der Waals surface area (Å²) in [5.41, 5.74) is 2.02. The second kappa shape index (κ2) is 6.38. The number of carbonyl (C=O) groups is 1. The minimum Gasteiger partial charge on any atom is -0.336 e. The predicted molar refractivity (Wildman–Crippen MR) is 86.3 cm³/mol. The van der Waals surface area contributed by atoms with E-state index in [4.69, 9.17) is 5.14 Å². The molecule has 1 saturated heterocycles. The number of carbonyl (C=O) groups excluding carboxylic acids is 1. The molecule has 0 bridgehead atoms. The summed E-state index contributed by atoms with van der Waals surface area (Å²) in [6.45, 7) is 6.41. The average molecular weight is 324 g/mol. The lowest BCUT2D eigenvalue weighted by atomic mass is 10.0. The van der Waals surface area contributed by atoms with E-state index >= 15 is 0 Å². The largest absolute Gasteiger partial charge is 0.336 e. The summed E-state index contributed by atoms with van der Waals surface area (Å²) in [6.07, 6.45) is 4.23. The Hall–Kier alpha value is -1.40. The van der Waals surface area contributed by atoms with Crippen LogP contribution >= 0.6 is 0 Å². The second-order valence-corrected chi connectivity index (χ2v) is 7.72. The standard InChI is InChI=1S/C16H24N2O3S/c1-11-9-14(22(17,20)21)10-15(13(11)3)16(19)18-8-6-4-5-7-12(18)2/h9-10,12H,4-8H2,1-3H3,(H2,17,20,21). The van der Waals surface area contributed by atoms with Crippen molar-refractivity contribution in [3.8, 4) is 0 Å². The van der Waals surface area contributed by atoms with Gasteiger partial charge in [-0.1, -0.05) is 12.8 Å². The van der Waals surface area contributed by atoms with Crippen molar-refractivity contribution in [3.05, 3.63) is 28.8 Å². The molecule has 22 heavy (non-hydrogen) atoms. The average Bonchev–Trinajstić information content (AvgIpc) is 2.64. The SMILES string of the molecule is Cc1cc(S(N)(=O)=O)cc(C(=O)N2CCCCCC2C)c1C. The molecule has 1 unspecified atom stereocenters. The first-order valence-electron chi connectivity index (χ1n) is 7.67. The smallest absolute Gasteiger partial charge is 0.254 e. The molecule has 2 rings (SSSR count). The molecule has 122 valence electrons. The Kier molecular flexibility index (Phi) is 4.92. The van der Waals surface area contributed by atoms with Crippen LogP contribution in [0.1, 0.15) is 54.1 Å². The van der Waals surface area contributed by atoms with Crippen LogP contribution in [-0.2, 0) is 10.0 Å². The fourth-order valence-electron chi connectivity index (χ4n) is 2.94. The van der Waals surface area contributed by atoms with Crippen molar-refractivity contribution in [1.82, 2.24) is 4.90 Å². The number of nitrogens with two attached hydrogens (primary N) is 1. The summed E-state index contributed by atoms with van der Waals surface area (Å²) in [4.78, 5) is 14.8. The van der Waals surface area contributed by atoms with Gasteiger partial charge in [-0.2, -0.15) is 0 Å². The van der Waals surface area contributed by atoms with Crippen molar-refractivity contribution in [1.29, 1.82) is 0 Å². The van der Waals surface area contributed by atoms with E-state index in [0.29, 0.717) is 5.56 Å². The van der Waals surface area contributed by atoms with Crippen LogP contribution in [-0.4, -0.2) is 31.8 Å². The van der Waals surface area contributed by atoms with Crippen LogP contribution in [0.15, 0.2) is 17.0 Å². The first-order valence-corrected chi connectivity index (χ1v) is 9.21. The molecule has 1 aliphatic heterocycles. The van der Waals surface area contributed by atoms with Gasteiger partial charge in [0.05, 0.1) is 4.90 Å². The zero-order valence-electron chi connectivity index (χ0n) is 13.4. The van der Waals surface area contributed by atoms with Crippen LogP contribution in [0.2, 0.25) is 0 Å². The Morgan fingerprint density at radius 3 is 2.55 bits per heavy atom. The van der Waals surface area contributed by atoms with E-state index in [-0.39, 0.29) is 16.8 Å². The molecule has 0 radical (unpaired) electrons. The van der Waals surface area contributed by atoms with E-state index in [1.807, 2.05) is 11.8 Å². The van der Waals surface area contributed by atoms with Gasteiger partial charge >= 0.3 is 0 Å². The predicted octanol–water partition coefficient (Wildman–Crippen LogP) is 2.36. The Balaban J connectivity index is 2.46. The van der Waals surface area contributed by atoms with Crippen LogP contribution in [0, 0.1) is 13.8 Å². The summed E-state index contributed by atoms with van der Waals surface area (Å²) < 4.78 is 23.2. The molecule has 6 heteroatoms. The van der Waals surface area contributed by atoms with E-state index in [1.54, 1.807) is 6.92 Å². The van der Waals surface area contributed by atoms with Crippen molar-refractivity contribution in [2.24, 2.45) is 5.14 Å². The monoisotopic (exact) mass is 324 g/mol. The number of likely N-dealkylation sites (tertiary alicyclic amines) is 1. The van der Waals surface area contributed by atoms with Crippen LogP contribution in [0.3, 0.4) is 0 Å². The highest BCUT2D eigenvalue weighted by atomic mass is 32.2. The number of aryl methyl sites for hydroxylation is 1. The number of hydrogen-bond acceptors (Lipinski definition) is 3. The van der Waals surface area contributed by atoms with Crippen molar-refractivity contribution in [2.75, 3.05) is 6.54 Å². The molecular formula is C16H24N2O3S. The van der Waals surface area contributed by atoms with Gasteiger partial charge in [0, 0.05) is 18.2 Å². The van der Waals surface area contributed by atoms with Gasteiger partial charge in [0.2, 0.25) is 10.0 Å². The maximum Gasteiger partial charge on any atom is 0.254 e. The molecule has 1 atom stereocenters. The zero-order valence-corrected chi connectivity index (χ0v) is 14.2. The maximum absolute atomic E-state index is 12.9. The number of sulfonamides is 1. The lowest BCUT2D eigenvalue weighted by Gasteiger charge is -2.28. The van der Waals surface area contributed by atoms with E-state index in [1.165, 1.54) is 12.1 Å². The van der Waals surface area contributed by atoms with Gasteiger partial charge in [0.25, 0.3) is 5.91 Å². The van der Waals surface area contributed by atoms with E-state index < -0.39 is 10.0 Å². The van der Waals surface area contributed by atoms with Crippen molar-refractivity contribution >= 4 is 15.9 Å². The summed E-state index contributed by atoms with van der Waals surface area (Å²) in [7, 11) is -3.82. The normalized spacial score (nSPS) is 19.8. The molecule has 0 saturated carbocycles. The van der Waals surface area contributed by atoms with Gasteiger partial charge in [-0.15, -0.1) is 0 Å². The molecule has 2 N–H and O–H groups in total. The highest BCUT2D eigenvalue weighted by Gasteiger charge is 2.26. The lowest BCUT2D eigenvalue weighted by Crippen LogP contribution is -2.38. The van der Waals surface area contributed by atoms with Gasteiger partial charge in [-0.05, 0) is 56.9 Å². The molecule has 1 heterocycles. The van der Waals surface area contributed by atoms with Crippen LogP contribution in [0.5, 0.6) is 0 Å². The third-order valence-corrected chi connectivity index (χ3v) is 5.41. The minimum atomic E-state index is -3.82. The topological polar surface area (TPSA) is 80.5 Å². The minimum absolute atomic E-state index is 0.00132. The fourth-order valence-corrected chi connectivity index (χ4v) is 3.57. The second-order valence-electron chi connectivity index (χ2n) is 6.15. The van der Waals surface area contributed by atoms with E-state index in [9.17, 15) is 13.2 Å². The Morgan fingerprint density at radius 1 is 1.23 bits per heavy atom. The highest BCUT2D eigenvalue weighted by Crippen LogP contribution is 2.24. The number of primary sulfonamides is 1. The highest BCUT2D eigenvalue weighted by molar-refractivity contribution is 7.89. The van der Waals surface area contributed by atoms with Crippen LogP contribution < -0.4 is 5.14 Å².